The molecule has 1 fully saturated rings. The molecule has 1 unspecified atom stereocenters. The molecule has 0 bridgehead atoms. The number of para-hydroxylation sites is 1. The first-order valence-electron chi connectivity index (χ1n) is 7.13. The summed E-state index contributed by atoms with van der Waals surface area (Å²) >= 11 is 3.43. The van der Waals surface area contributed by atoms with Crippen molar-refractivity contribution in [3.05, 3.63) is 28.7 Å². The highest BCUT2D eigenvalue weighted by Gasteiger charge is 2.14. The van der Waals surface area contributed by atoms with E-state index in [9.17, 15) is 4.79 Å². The standard InChI is InChI=1S/C15H21BrN2O2/c16-13-6-1-2-7-14(13)20-10-4-8-15(19)18-11-12-5-3-9-17-12/h1-2,6-7,12,17H,3-5,8-11H2,(H,18,19). The minimum Gasteiger partial charge on any atom is -0.492 e. The zero-order valence-corrected chi connectivity index (χ0v) is 13.1. The van der Waals surface area contributed by atoms with E-state index in [1.165, 1.54) is 6.42 Å². The van der Waals surface area contributed by atoms with E-state index in [0.717, 1.165) is 36.2 Å². The summed E-state index contributed by atoms with van der Waals surface area (Å²) in [5.41, 5.74) is 0. The van der Waals surface area contributed by atoms with Gasteiger partial charge in [-0.15, -0.1) is 0 Å². The van der Waals surface area contributed by atoms with Gasteiger partial charge in [-0.3, -0.25) is 4.79 Å². The third kappa shape index (κ3) is 5.13. The Morgan fingerprint density at radius 2 is 2.30 bits per heavy atom. The molecular formula is C15H21BrN2O2. The van der Waals surface area contributed by atoms with Gasteiger partial charge in [0.25, 0.3) is 0 Å². The van der Waals surface area contributed by atoms with Crippen molar-refractivity contribution in [1.29, 1.82) is 0 Å². The van der Waals surface area contributed by atoms with Gasteiger partial charge in [-0.2, -0.15) is 0 Å². The molecule has 20 heavy (non-hydrogen) atoms. The second-order valence-corrected chi connectivity index (χ2v) is 5.83. The number of rotatable bonds is 7. The molecule has 0 saturated carbocycles. The number of carbonyl (C=O) groups excluding carboxylic acids is 1. The Labute approximate surface area is 128 Å². The molecule has 110 valence electrons. The summed E-state index contributed by atoms with van der Waals surface area (Å²) in [5, 5.41) is 6.33. The van der Waals surface area contributed by atoms with Crippen LogP contribution in [0.15, 0.2) is 28.7 Å². The van der Waals surface area contributed by atoms with Crippen molar-refractivity contribution in [1.82, 2.24) is 10.6 Å². The average molecular weight is 341 g/mol. The van der Waals surface area contributed by atoms with Gasteiger partial charge < -0.3 is 15.4 Å². The maximum absolute atomic E-state index is 11.7. The van der Waals surface area contributed by atoms with Crippen molar-refractivity contribution in [2.45, 2.75) is 31.7 Å². The summed E-state index contributed by atoms with van der Waals surface area (Å²) < 4.78 is 6.57. The highest BCUT2D eigenvalue weighted by atomic mass is 79.9. The van der Waals surface area contributed by atoms with Gasteiger partial charge in [0.05, 0.1) is 11.1 Å². The van der Waals surface area contributed by atoms with E-state index in [-0.39, 0.29) is 5.91 Å². The van der Waals surface area contributed by atoms with Crippen molar-refractivity contribution < 1.29 is 9.53 Å². The molecule has 0 radical (unpaired) electrons. The van der Waals surface area contributed by atoms with Gasteiger partial charge in [0.15, 0.2) is 0 Å². The summed E-state index contributed by atoms with van der Waals surface area (Å²) in [6, 6.07) is 8.19. The number of carbonyl (C=O) groups is 1. The van der Waals surface area contributed by atoms with Gasteiger partial charge in [0.1, 0.15) is 5.75 Å². The van der Waals surface area contributed by atoms with Crippen LogP contribution in [-0.4, -0.2) is 31.6 Å². The molecule has 0 aromatic heterocycles. The van der Waals surface area contributed by atoms with Crippen molar-refractivity contribution in [3.63, 3.8) is 0 Å². The maximum Gasteiger partial charge on any atom is 0.220 e. The lowest BCUT2D eigenvalue weighted by Crippen LogP contribution is -2.37. The zero-order chi connectivity index (χ0) is 14.2. The predicted octanol–water partition coefficient (Wildman–Crippen LogP) is 2.48. The summed E-state index contributed by atoms with van der Waals surface area (Å²) in [5.74, 6) is 0.928. The first-order valence-corrected chi connectivity index (χ1v) is 7.92. The van der Waals surface area contributed by atoms with Crippen molar-refractivity contribution in [2.75, 3.05) is 19.7 Å². The predicted molar refractivity (Wildman–Crippen MR) is 82.9 cm³/mol. The lowest BCUT2D eigenvalue weighted by Gasteiger charge is -2.11. The molecule has 2 N–H and O–H groups in total. The highest BCUT2D eigenvalue weighted by Crippen LogP contribution is 2.23. The Kier molecular flexibility index (Phi) is 6.33. The summed E-state index contributed by atoms with van der Waals surface area (Å²) in [7, 11) is 0. The first kappa shape index (κ1) is 15.3. The Hall–Kier alpha value is -1.07. The van der Waals surface area contributed by atoms with Gasteiger partial charge in [-0.25, -0.2) is 0 Å². The van der Waals surface area contributed by atoms with Crippen LogP contribution in [-0.2, 0) is 4.79 Å². The van der Waals surface area contributed by atoms with Gasteiger partial charge in [0.2, 0.25) is 5.91 Å². The topological polar surface area (TPSA) is 50.4 Å². The normalized spacial score (nSPS) is 17.9. The Balaban J connectivity index is 1.56. The molecule has 1 atom stereocenters. The Morgan fingerprint density at radius 3 is 3.05 bits per heavy atom. The van der Waals surface area contributed by atoms with E-state index >= 15 is 0 Å². The molecule has 1 aliphatic rings. The van der Waals surface area contributed by atoms with Crippen LogP contribution in [0.2, 0.25) is 0 Å². The van der Waals surface area contributed by atoms with E-state index in [4.69, 9.17) is 4.74 Å². The van der Waals surface area contributed by atoms with Gasteiger partial charge >= 0.3 is 0 Å². The molecule has 0 spiro atoms. The molecule has 0 aliphatic carbocycles. The van der Waals surface area contributed by atoms with E-state index in [0.29, 0.717) is 19.1 Å². The number of amides is 1. The first-order chi connectivity index (χ1) is 9.75. The molecular weight excluding hydrogens is 320 g/mol. The van der Waals surface area contributed by atoms with Crippen LogP contribution in [0.3, 0.4) is 0 Å². The number of nitrogens with one attached hydrogen (secondary N) is 2. The molecule has 1 heterocycles. The quantitative estimate of drug-likeness (QED) is 0.749. The Morgan fingerprint density at radius 1 is 1.45 bits per heavy atom. The summed E-state index contributed by atoms with van der Waals surface area (Å²) in [6.45, 7) is 2.36. The van der Waals surface area contributed by atoms with Crippen LogP contribution in [0.1, 0.15) is 25.7 Å². The third-order valence-corrected chi connectivity index (χ3v) is 4.01. The number of ether oxygens (including phenoxy) is 1. The molecule has 5 heteroatoms. The molecule has 2 rings (SSSR count). The smallest absolute Gasteiger partial charge is 0.220 e. The Bertz CT molecular complexity index is 434. The monoisotopic (exact) mass is 340 g/mol. The maximum atomic E-state index is 11.7. The molecule has 1 aromatic rings. The van der Waals surface area contributed by atoms with Crippen LogP contribution in [0.25, 0.3) is 0 Å². The van der Waals surface area contributed by atoms with Crippen molar-refractivity contribution in [3.8, 4) is 5.75 Å². The fourth-order valence-electron chi connectivity index (χ4n) is 2.23. The van der Waals surface area contributed by atoms with Crippen molar-refractivity contribution >= 4 is 21.8 Å². The van der Waals surface area contributed by atoms with Crippen LogP contribution in [0, 0.1) is 0 Å². The lowest BCUT2D eigenvalue weighted by molar-refractivity contribution is -0.121. The van der Waals surface area contributed by atoms with E-state index in [1.807, 2.05) is 24.3 Å². The number of benzene rings is 1. The van der Waals surface area contributed by atoms with Gasteiger partial charge in [-0.05, 0) is 53.9 Å². The van der Waals surface area contributed by atoms with Gasteiger partial charge in [-0.1, -0.05) is 12.1 Å². The number of halogens is 1. The molecule has 1 amide bonds. The van der Waals surface area contributed by atoms with Gasteiger partial charge in [0, 0.05) is 19.0 Å². The van der Waals surface area contributed by atoms with Crippen LogP contribution in [0.4, 0.5) is 0 Å². The average Bonchev–Trinajstić information content (AvgIpc) is 2.96. The summed E-state index contributed by atoms with van der Waals surface area (Å²) in [4.78, 5) is 11.7. The second kappa shape index (κ2) is 8.27. The van der Waals surface area contributed by atoms with Crippen molar-refractivity contribution in [2.24, 2.45) is 0 Å². The van der Waals surface area contributed by atoms with Crippen LogP contribution >= 0.6 is 15.9 Å². The molecule has 4 nitrogen and oxygen atoms in total. The van der Waals surface area contributed by atoms with Crippen LogP contribution in [0.5, 0.6) is 5.75 Å². The molecule has 1 aliphatic heterocycles. The minimum absolute atomic E-state index is 0.106. The van der Waals surface area contributed by atoms with E-state index < -0.39 is 0 Å². The fraction of sp³-hybridized carbons (Fsp3) is 0.533. The van der Waals surface area contributed by atoms with E-state index in [2.05, 4.69) is 26.6 Å². The fourth-order valence-corrected chi connectivity index (χ4v) is 2.63. The van der Waals surface area contributed by atoms with E-state index in [1.54, 1.807) is 0 Å². The lowest BCUT2D eigenvalue weighted by atomic mass is 10.2. The highest BCUT2D eigenvalue weighted by molar-refractivity contribution is 9.10. The SMILES string of the molecule is O=C(CCCOc1ccccc1Br)NCC1CCCN1. The largest absolute Gasteiger partial charge is 0.492 e. The second-order valence-electron chi connectivity index (χ2n) is 4.98. The summed E-state index contributed by atoms with van der Waals surface area (Å²) in [6.07, 6.45) is 3.61. The third-order valence-electron chi connectivity index (χ3n) is 3.35. The number of hydrogen-bond donors (Lipinski definition) is 2. The molecule has 1 aromatic carbocycles. The zero-order valence-electron chi connectivity index (χ0n) is 11.5. The molecule has 1 saturated heterocycles. The van der Waals surface area contributed by atoms with Crippen LogP contribution < -0.4 is 15.4 Å². The number of hydrogen-bond acceptors (Lipinski definition) is 3. The minimum atomic E-state index is 0.106.